The number of anilines is 1. The number of benzene rings is 2. The van der Waals surface area contributed by atoms with Crippen molar-refractivity contribution in [3.05, 3.63) is 65.7 Å². The summed E-state index contributed by atoms with van der Waals surface area (Å²) >= 11 is 0. The minimum Gasteiger partial charge on any atom is -0.305 e. The lowest BCUT2D eigenvalue weighted by Gasteiger charge is -2.27. The highest BCUT2D eigenvalue weighted by Crippen LogP contribution is 2.39. The summed E-state index contributed by atoms with van der Waals surface area (Å²) in [6.07, 6.45) is 0. The minimum absolute atomic E-state index is 0.477. The maximum atomic E-state index is 2.34. The topological polar surface area (TPSA) is 6.48 Å². The van der Waals surface area contributed by atoms with Gasteiger partial charge in [0.1, 0.15) is 0 Å². The van der Waals surface area contributed by atoms with E-state index < -0.39 is 0 Å². The fourth-order valence-corrected chi connectivity index (χ4v) is 2.74. The number of hydrazine groups is 1. The number of nitrogens with zero attached hydrogens (tertiary/aromatic N) is 2. The van der Waals surface area contributed by atoms with Gasteiger partial charge in [-0.3, -0.25) is 0 Å². The summed E-state index contributed by atoms with van der Waals surface area (Å²) in [7, 11) is 4.20. The zero-order chi connectivity index (χ0) is 12.5. The van der Waals surface area contributed by atoms with Crippen molar-refractivity contribution >= 4 is 5.69 Å². The van der Waals surface area contributed by atoms with Crippen molar-refractivity contribution in [1.29, 1.82) is 0 Å². The van der Waals surface area contributed by atoms with Crippen molar-refractivity contribution in [2.24, 2.45) is 0 Å². The standard InChI is InChI=1S/C16H18N2/c1-17(2)18-12-15(13-8-4-3-5-9-13)14-10-6-7-11-16(14)18/h3-11,15H,12H2,1-2H3/t15-/m0/s1. The van der Waals surface area contributed by atoms with Crippen LogP contribution in [0.25, 0.3) is 0 Å². The van der Waals surface area contributed by atoms with Crippen LogP contribution in [0.2, 0.25) is 0 Å². The Kier molecular flexibility index (Phi) is 2.80. The monoisotopic (exact) mass is 238 g/mol. The molecular formula is C16H18N2. The summed E-state index contributed by atoms with van der Waals surface area (Å²) in [4.78, 5) is 0. The summed E-state index contributed by atoms with van der Waals surface area (Å²) in [5.74, 6) is 0.477. The summed E-state index contributed by atoms with van der Waals surface area (Å²) in [5.41, 5.74) is 4.16. The van der Waals surface area contributed by atoms with Gasteiger partial charge in [0.15, 0.2) is 0 Å². The van der Waals surface area contributed by atoms with Crippen LogP contribution in [-0.2, 0) is 0 Å². The third-order valence-electron chi connectivity index (χ3n) is 3.63. The first-order chi connectivity index (χ1) is 8.77. The third kappa shape index (κ3) is 1.79. The number of hydrogen-bond donors (Lipinski definition) is 0. The van der Waals surface area contributed by atoms with Crippen LogP contribution >= 0.6 is 0 Å². The van der Waals surface area contributed by atoms with Crippen molar-refractivity contribution in [2.45, 2.75) is 5.92 Å². The van der Waals surface area contributed by atoms with E-state index in [1.54, 1.807) is 0 Å². The van der Waals surface area contributed by atoms with E-state index in [1.807, 2.05) is 0 Å². The first-order valence-corrected chi connectivity index (χ1v) is 6.36. The number of hydrogen-bond acceptors (Lipinski definition) is 2. The molecule has 2 heteroatoms. The predicted molar refractivity (Wildman–Crippen MR) is 75.8 cm³/mol. The fraction of sp³-hybridized carbons (Fsp3) is 0.250. The van der Waals surface area contributed by atoms with Crippen molar-refractivity contribution < 1.29 is 0 Å². The van der Waals surface area contributed by atoms with Crippen LogP contribution in [0.3, 0.4) is 0 Å². The molecule has 2 nitrogen and oxygen atoms in total. The van der Waals surface area contributed by atoms with Gasteiger partial charge in [-0.15, -0.1) is 0 Å². The van der Waals surface area contributed by atoms with Crippen LogP contribution in [0.15, 0.2) is 54.6 Å². The molecule has 3 rings (SSSR count). The van der Waals surface area contributed by atoms with Crippen molar-refractivity contribution in [3.8, 4) is 0 Å². The molecule has 0 saturated carbocycles. The number of para-hydroxylation sites is 1. The lowest BCUT2D eigenvalue weighted by atomic mass is 9.93. The van der Waals surface area contributed by atoms with E-state index in [4.69, 9.17) is 0 Å². The first-order valence-electron chi connectivity index (χ1n) is 6.36. The molecule has 2 aromatic carbocycles. The van der Waals surface area contributed by atoms with E-state index in [2.05, 4.69) is 78.7 Å². The van der Waals surface area contributed by atoms with Crippen molar-refractivity contribution in [3.63, 3.8) is 0 Å². The molecule has 18 heavy (non-hydrogen) atoms. The molecule has 0 spiro atoms. The summed E-state index contributed by atoms with van der Waals surface area (Å²) in [6.45, 7) is 1.02. The number of fused-ring (bicyclic) bond motifs is 1. The van der Waals surface area contributed by atoms with Crippen LogP contribution in [0.1, 0.15) is 17.0 Å². The minimum atomic E-state index is 0.477. The van der Waals surface area contributed by atoms with Gasteiger partial charge in [0, 0.05) is 26.6 Å². The SMILES string of the molecule is CN(C)N1C[C@@H](c2ccccc2)c2ccccc21. The fourth-order valence-electron chi connectivity index (χ4n) is 2.74. The summed E-state index contributed by atoms with van der Waals surface area (Å²) in [5, 5.41) is 4.51. The van der Waals surface area contributed by atoms with Crippen molar-refractivity contribution in [1.82, 2.24) is 5.01 Å². The molecule has 0 N–H and O–H groups in total. The lowest BCUT2D eigenvalue weighted by molar-refractivity contribution is 0.376. The van der Waals surface area contributed by atoms with Gasteiger partial charge in [-0.25, -0.2) is 5.01 Å². The largest absolute Gasteiger partial charge is 0.305 e. The summed E-state index contributed by atoms with van der Waals surface area (Å²) < 4.78 is 0. The molecule has 92 valence electrons. The van der Waals surface area contributed by atoms with Crippen LogP contribution < -0.4 is 5.01 Å². The van der Waals surface area contributed by atoms with Gasteiger partial charge in [-0.05, 0) is 17.2 Å². The quantitative estimate of drug-likeness (QED) is 0.793. The van der Waals surface area contributed by atoms with Gasteiger partial charge in [0.05, 0.1) is 5.69 Å². The zero-order valence-electron chi connectivity index (χ0n) is 10.9. The Balaban J connectivity index is 2.05. The zero-order valence-corrected chi connectivity index (χ0v) is 10.9. The normalized spacial score (nSPS) is 18.2. The van der Waals surface area contributed by atoms with Crippen LogP contribution in [0, 0.1) is 0 Å². The van der Waals surface area contributed by atoms with E-state index >= 15 is 0 Å². The van der Waals surface area contributed by atoms with Gasteiger partial charge >= 0.3 is 0 Å². The van der Waals surface area contributed by atoms with Crippen LogP contribution in [0.4, 0.5) is 5.69 Å². The Hall–Kier alpha value is -1.80. The molecular weight excluding hydrogens is 220 g/mol. The highest BCUT2D eigenvalue weighted by molar-refractivity contribution is 5.61. The molecule has 0 aliphatic carbocycles. The second-order valence-electron chi connectivity index (χ2n) is 4.95. The van der Waals surface area contributed by atoms with Crippen LogP contribution in [-0.4, -0.2) is 25.6 Å². The molecule has 2 aromatic rings. The van der Waals surface area contributed by atoms with E-state index in [0.717, 1.165) is 6.54 Å². The summed E-state index contributed by atoms with van der Waals surface area (Å²) in [6, 6.07) is 19.5. The van der Waals surface area contributed by atoms with E-state index in [1.165, 1.54) is 16.8 Å². The highest BCUT2D eigenvalue weighted by Gasteiger charge is 2.30. The van der Waals surface area contributed by atoms with Gasteiger partial charge in [0.2, 0.25) is 0 Å². The maximum Gasteiger partial charge on any atom is 0.0561 e. The Morgan fingerprint density at radius 3 is 2.33 bits per heavy atom. The smallest absolute Gasteiger partial charge is 0.0561 e. The average molecular weight is 238 g/mol. The van der Waals surface area contributed by atoms with E-state index in [0.29, 0.717) is 5.92 Å². The second-order valence-corrected chi connectivity index (χ2v) is 4.95. The maximum absolute atomic E-state index is 2.34. The molecule has 0 fully saturated rings. The van der Waals surface area contributed by atoms with Gasteiger partial charge in [-0.2, -0.15) is 0 Å². The molecule has 1 atom stereocenters. The highest BCUT2D eigenvalue weighted by atomic mass is 15.6. The first kappa shape index (κ1) is 11.3. The Morgan fingerprint density at radius 1 is 0.944 bits per heavy atom. The average Bonchev–Trinajstić information content (AvgIpc) is 2.79. The Morgan fingerprint density at radius 2 is 1.61 bits per heavy atom. The molecule has 0 unspecified atom stereocenters. The molecule has 1 heterocycles. The van der Waals surface area contributed by atoms with Gasteiger partial charge in [-0.1, -0.05) is 48.5 Å². The molecule has 0 saturated heterocycles. The van der Waals surface area contributed by atoms with E-state index in [-0.39, 0.29) is 0 Å². The lowest BCUT2D eigenvalue weighted by Crippen LogP contribution is -2.35. The molecule has 1 aliphatic heterocycles. The molecule has 1 aliphatic rings. The molecule has 0 amide bonds. The Labute approximate surface area is 108 Å². The molecule has 0 bridgehead atoms. The van der Waals surface area contributed by atoms with Gasteiger partial charge in [0.25, 0.3) is 0 Å². The number of rotatable bonds is 2. The van der Waals surface area contributed by atoms with Crippen LogP contribution in [0.5, 0.6) is 0 Å². The molecule has 0 radical (unpaired) electrons. The Bertz CT molecular complexity index is 534. The van der Waals surface area contributed by atoms with E-state index in [9.17, 15) is 0 Å². The predicted octanol–water partition coefficient (Wildman–Crippen LogP) is 3.12. The second kappa shape index (κ2) is 4.46. The third-order valence-corrected chi connectivity index (χ3v) is 3.63. The van der Waals surface area contributed by atoms with Gasteiger partial charge < -0.3 is 5.01 Å². The van der Waals surface area contributed by atoms with Crippen molar-refractivity contribution in [2.75, 3.05) is 25.6 Å². The molecule has 0 aromatic heterocycles.